The van der Waals surface area contributed by atoms with Crippen LogP contribution in [0.15, 0.2) is 29.2 Å². The molecule has 2 aliphatic rings. The van der Waals surface area contributed by atoms with E-state index in [0.717, 1.165) is 12.1 Å². The number of benzene rings is 1. The number of sulfonamides is 1. The second-order valence-electron chi connectivity index (χ2n) is 6.83. The van der Waals surface area contributed by atoms with Crippen molar-refractivity contribution < 1.29 is 17.6 Å². The van der Waals surface area contributed by atoms with Crippen LogP contribution >= 0.6 is 0 Å². The van der Waals surface area contributed by atoms with Crippen LogP contribution < -0.4 is 5.32 Å². The molecule has 1 amide bonds. The molecule has 1 aromatic carbocycles. The Balaban J connectivity index is 1.50. The summed E-state index contributed by atoms with van der Waals surface area (Å²) in [6, 6.07) is 5.07. The van der Waals surface area contributed by atoms with Gasteiger partial charge in [0.2, 0.25) is 15.9 Å². The van der Waals surface area contributed by atoms with Gasteiger partial charge in [-0.3, -0.25) is 9.69 Å². The molecule has 2 fully saturated rings. The Kier molecular flexibility index (Phi) is 5.41. The fourth-order valence-corrected chi connectivity index (χ4v) is 4.52. The summed E-state index contributed by atoms with van der Waals surface area (Å²) in [7, 11) is -3.61. The quantitative estimate of drug-likeness (QED) is 0.814. The fraction of sp³-hybridized carbons (Fsp3) is 0.588. The molecule has 6 nitrogen and oxygen atoms in total. The lowest BCUT2D eigenvalue weighted by Gasteiger charge is -2.33. The number of hydrogen-bond acceptors (Lipinski definition) is 4. The Hall–Kier alpha value is -1.51. The molecule has 0 radical (unpaired) electrons. The first-order valence-electron chi connectivity index (χ1n) is 8.64. The number of rotatable bonds is 6. The molecule has 0 unspecified atom stereocenters. The van der Waals surface area contributed by atoms with Crippen LogP contribution in [0.25, 0.3) is 0 Å². The molecule has 0 spiro atoms. The molecule has 138 valence electrons. The summed E-state index contributed by atoms with van der Waals surface area (Å²) in [5, 5.41) is 3.01. The lowest BCUT2D eigenvalue weighted by atomic mass is 10.2. The number of piperazine rings is 1. The SMILES string of the molecule is C[C@@H](NC(=O)CN1CCN(S(=O)(=O)c2ccc(F)cc2)CC1)C1CC1. The Morgan fingerprint density at radius 3 is 2.36 bits per heavy atom. The minimum Gasteiger partial charge on any atom is -0.352 e. The normalized spacial score (nSPS) is 21.0. The molecule has 8 heteroatoms. The maximum absolute atomic E-state index is 13.0. The lowest BCUT2D eigenvalue weighted by molar-refractivity contribution is -0.123. The van der Waals surface area contributed by atoms with Gasteiger partial charge in [-0.1, -0.05) is 0 Å². The zero-order valence-corrected chi connectivity index (χ0v) is 15.1. The molecule has 0 bridgehead atoms. The Bertz CT molecular complexity index is 711. The van der Waals surface area contributed by atoms with E-state index in [9.17, 15) is 17.6 Å². The molecule has 1 saturated heterocycles. The molecule has 0 aromatic heterocycles. The van der Waals surface area contributed by atoms with Gasteiger partial charge in [0.1, 0.15) is 5.82 Å². The van der Waals surface area contributed by atoms with Gasteiger partial charge in [0, 0.05) is 32.2 Å². The van der Waals surface area contributed by atoms with Gasteiger partial charge in [-0.05, 0) is 49.9 Å². The van der Waals surface area contributed by atoms with Crippen LogP contribution in [0.2, 0.25) is 0 Å². The highest BCUT2D eigenvalue weighted by molar-refractivity contribution is 7.89. The van der Waals surface area contributed by atoms with Gasteiger partial charge >= 0.3 is 0 Å². The third-order valence-corrected chi connectivity index (χ3v) is 6.78. The lowest BCUT2D eigenvalue weighted by Crippen LogP contribution is -2.51. The molecule has 1 aliphatic heterocycles. The summed E-state index contributed by atoms with van der Waals surface area (Å²) in [6.07, 6.45) is 2.36. The number of carbonyl (C=O) groups is 1. The number of nitrogens with zero attached hydrogens (tertiary/aromatic N) is 2. The third-order valence-electron chi connectivity index (χ3n) is 4.87. The smallest absolute Gasteiger partial charge is 0.243 e. The molecule has 1 N–H and O–H groups in total. The molecule has 1 heterocycles. The second kappa shape index (κ2) is 7.39. The molecule has 1 aromatic rings. The predicted octanol–water partition coefficient (Wildman–Crippen LogP) is 1.05. The zero-order valence-electron chi connectivity index (χ0n) is 14.3. The van der Waals surface area contributed by atoms with Crippen molar-refractivity contribution in [2.75, 3.05) is 32.7 Å². The van der Waals surface area contributed by atoms with E-state index in [2.05, 4.69) is 5.32 Å². The van der Waals surface area contributed by atoms with Crippen molar-refractivity contribution >= 4 is 15.9 Å². The standard InChI is InChI=1S/C17H24FN3O3S/c1-13(14-2-3-14)19-17(22)12-20-8-10-21(11-9-20)25(23,24)16-6-4-15(18)5-7-16/h4-7,13-14H,2-3,8-12H2,1H3,(H,19,22)/t13-/m1/s1. The van der Waals surface area contributed by atoms with E-state index in [-0.39, 0.29) is 16.8 Å². The molecule has 3 rings (SSSR count). The van der Waals surface area contributed by atoms with Crippen LogP contribution in [-0.4, -0.2) is 62.3 Å². The first-order chi connectivity index (χ1) is 11.9. The summed E-state index contributed by atoms with van der Waals surface area (Å²) in [5.74, 6) is 0.145. The number of carbonyl (C=O) groups excluding carboxylic acids is 1. The molecule has 25 heavy (non-hydrogen) atoms. The number of nitrogens with one attached hydrogen (secondary N) is 1. The highest BCUT2D eigenvalue weighted by Gasteiger charge is 2.31. The largest absolute Gasteiger partial charge is 0.352 e. The summed E-state index contributed by atoms with van der Waals surface area (Å²) < 4.78 is 39.5. The van der Waals surface area contributed by atoms with Gasteiger partial charge in [-0.2, -0.15) is 4.31 Å². The molecule has 1 aliphatic carbocycles. The van der Waals surface area contributed by atoms with Crippen molar-refractivity contribution in [3.63, 3.8) is 0 Å². The Labute approximate surface area is 148 Å². The number of hydrogen-bond donors (Lipinski definition) is 1. The van der Waals surface area contributed by atoms with Crippen LogP contribution in [0.3, 0.4) is 0 Å². The second-order valence-corrected chi connectivity index (χ2v) is 8.77. The van der Waals surface area contributed by atoms with Crippen molar-refractivity contribution in [1.82, 2.24) is 14.5 Å². The maximum atomic E-state index is 13.0. The van der Waals surface area contributed by atoms with E-state index in [1.165, 1.54) is 29.3 Å². The van der Waals surface area contributed by atoms with E-state index >= 15 is 0 Å². The molecule has 1 saturated carbocycles. The monoisotopic (exact) mass is 369 g/mol. The van der Waals surface area contributed by atoms with E-state index in [4.69, 9.17) is 0 Å². The van der Waals surface area contributed by atoms with Crippen LogP contribution in [0, 0.1) is 11.7 Å². The van der Waals surface area contributed by atoms with Gasteiger partial charge in [-0.15, -0.1) is 0 Å². The van der Waals surface area contributed by atoms with E-state index in [1.807, 2.05) is 11.8 Å². The van der Waals surface area contributed by atoms with Crippen LogP contribution in [0.4, 0.5) is 4.39 Å². The average molecular weight is 369 g/mol. The summed E-state index contributed by atoms with van der Waals surface area (Å²) in [6.45, 7) is 3.98. The van der Waals surface area contributed by atoms with E-state index in [0.29, 0.717) is 38.6 Å². The number of amides is 1. The summed E-state index contributed by atoms with van der Waals surface area (Å²) in [5.41, 5.74) is 0. The zero-order chi connectivity index (χ0) is 18.0. The van der Waals surface area contributed by atoms with E-state index < -0.39 is 15.8 Å². The average Bonchev–Trinajstić information content (AvgIpc) is 3.40. The van der Waals surface area contributed by atoms with E-state index in [1.54, 1.807) is 0 Å². The van der Waals surface area contributed by atoms with Gasteiger partial charge < -0.3 is 5.32 Å². The maximum Gasteiger partial charge on any atom is 0.243 e. The minimum absolute atomic E-state index is 0.00533. The van der Waals surface area contributed by atoms with Crippen LogP contribution in [-0.2, 0) is 14.8 Å². The predicted molar refractivity (Wildman–Crippen MR) is 91.9 cm³/mol. The van der Waals surface area contributed by atoms with Gasteiger partial charge in [0.15, 0.2) is 0 Å². The topological polar surface area (TPSA) is 69.7 Å². The Morgan fingerprint density at radius 1 is 1.20 bits per heavy atom. The van der Waals surface area contributed by atoms with Crippen molar-refractivity contribution in [3.8, 4) is 0 Å². The summed E-state index contributed by atoms with van der Waals surface area (Å²) >= 11 is 0. The molecular formula is C17H24FN3O3S. The van der Waals surface area contributed by atoms with Crippen LogP contribution in [0.5, 0.6) is 0 Å². The first kappa shape index (κ1) is 18.3. The Morgan fingerprint density at radius 2 is 1.80 bits per heavy atom. The molecular weight excluding hydrogens is 345 g/mol. The van der Waals surface area contributed by atoms with Gasteiger partial charge in [0.25, 0.3) is 0 Å². The number of halogens is 1. The van der Waals surface area contributed by atoms with Gasteiger partial charge in [-0.25, -0.2) is 12.8 Å². The molecule has 1 atom stereocenters. The van der Waals surface area contributed by atoms with Gasteiger partial charge in [0.05, 0.1) is 11.4 Å². The van der Waals surface area contributed by atoms with Crippen molar-refractivity contribution in [3.05, 3.63) is 30.1 Å². The summed E-state index contributed by atoms with van der Waals surface area (Å²) in [4.78, 5) is 14.1. The first-order valence-corrected chi connectivity index (χ1v) is 10.1. The highest BCUT2D eigenvalue weighted by Crippen LogP contribution is 2.32. The van der Waals surface area contributed by atoms with Crippen molar-refractivity contribution in [2.24, 2.45) is 5.92 Å². The van der Waals surface area contributed by atoms with Crippen molar-refractivity contribution in [1.29, 1.82) is 0 Å². The fourth-order valence-electron chi connectivity index (χ4n) is 3.10. The highest BCUT2D eigenvalue weighted by atomic mass is 32.2. The van der Waals surface area contributed by atoms with Crippen molar-refractivity contribution in [2.45, 2.75) is 30.7 Å². The third kappa shape index (κ3) is 4.56. The minimum atomic E-state index is -3.61. The van der Waals surface area contributed by atoms with Crippen LogP contribution in [0.1, 0.15) is 19.8 Å².